The number of rotatable bonds is 5. The van der Waals surface area contributed by atoms with E-state index in [1.165, 1.54) is 0 Å². The van der Waals surface area contributed by atoms with Crippen molar-refractivity contribution in [2.75, 3.05) is 0 Å². The molecule has 0 aliphatic carbocycles. The van der Waals surface area contributed by atoms with Crippen LogP contribution >= 0.6 is 0 Å². The summed E-state index contributed by atoms with van der Waals surface area (Å²) < 4.78 is 0. The Morgan fingerprint density at radius 3 is 1.45 bits per heavy atom. The standard InChI is InChI=1S/C20H22O2/c1-5-15-9-13(3)19(21)17(11-15)7-8-18-12-16(6-2)10-14(4)20(18)22/h5-6,9-12,21-22H,1-2,7-8H2,3-4H3. The summed E-state index contributed by atoms with van der Waals surface area (Å²) in [7, 11) is 0. The molecule has 0 atom stereocenters. The van der Waals surface area contributed by atoms with Crippen LogP contribution in [0.5, 0.6) is 11.5 Å². The molecule has 114 valence electrons. The summed E-state index contributed by atoms with van der Waals surface area (Å²) in [6, 6.07) is 7.70. The van der Waals surface area contributed by atoms with Gasteiger partial charge < -0.3 is 10.2 Å². The van der Waals surface area contributed by atoms with Crippen molar-refractivity contribution in [1.29, 1.82) is 0 Å². The normalized spacial score (nSPS) is 10.5. The van der Waals surface area contributed by atoms with Crippen LogP contribution in [0.1, 0.15) is 33.4 Å². The Hall–Kier alpha value is -2.48. The molecule has 2 nitrogen and oxygen atoms in total. The van der Waals surface area contributed by atoms with E-state index in [2.05, 4.69) is 13.2 Å². The van der Waals surface area contributed by atoms with Crippen LogP contribution in [-0.4, -0.2) is 10.2 Å². The average Bonchev–Trinajstić information content (AvgIpc) is 2.51. The summed E-state index contributed by atoms with van der Waals surface area (Å²) >= 11 is 0. The molecule has 0 amide bonds. The predicted octanol–water partition coefficient (Wildman–Crippen LogP) is 4.79. The van der Waals surface area contributed by atoms with Gasteiger partial charge in [-0.05, 0) is 84.3 Å². The highest BCUT2D eigenvalue weighted by Gasteiger charge is 2.10. The van der Waals surface area contributed by atoms with Gasteiger partial charge >= 0.3 is 0 Å². The molecule has 0 aromatic heterocycles. The van der Waals surface area contributed by atoms with Crippen molar-refractivity contribution in [3.8, 4) is 11.5 Å². The molecule has 0 saturated carbocycles. The fourth-order valence-electron chi connectivity index (χ4n) is 2.65. The maximum atomic E-state index is 10.2. The van der Waals surface area contributed by atoms with E-state index in [1.807, 2.05) is 38.1 Å². The van der Waals surface area contributed by atoms with Crippen LogP contribution in [0.3, 0.4) is 0 Å². The number of phenols is 2. The van der Waals surface area contributed by atoms with E-state index in [1.54, 1.807) is 12.2 Å². The lowest BCUT2D eigenvalue weighted by Gasteiger charge is -2.12. The van der Waals surface area contributed by atoms with E-state index in [0.29, 0.717) is 24.3 Å². The molecule has 2 aromatic carbocycles. The van der Waals surface area contributed by atoms with Gasteiger partial charge in [0.05, 0.1) is 0 Å². The first kappa shape index (κ1) is 15.9. The van der Waals surface area contributed by atoms with Gasteiger partial charge in [-0.15, -0.1) is 0 Å². The second-order valence-electron chi connectivity index (χ2n) is 5.60. The fraction of sp³-hybridized carbons (Fsp3) is 0.200. The lowest BCUT2D eigenvalue weighted by Crippen LogP contribution is -1.96. The minimum Gasteiger partial charge on any atom is -0.507 e. The first-order valence-electron chi connectivity index (χ1n) is 7.36. The van der Waals surface area contributed by atoms with Crippen LogP contribution in [-0.2, 0) is 12.8 Å². The second-order valence-corrected chi connectivity index (χ2v) is 5.60. The molecule has 0 bridgehead atoms. The third kappa shape index (κ3) is 3.22. The van der Waals surface area contributed by atoms with Crippen molar-refractivity contribution in [3.63, 3.8) is 0 Å². The summed E-state index contributed by atoms with van der Waals surface area (Å²) in [5.74, 6) is 0.642. The molecule has 2 N–H and O–H groups in total. The number of benzene rings is 2. The van der Waals surface area contributed by atoms with Gasteiger partial charge in [-0.3, -0.25) is 0 Å². The molecular weight excluding hydrogens is 272 g/mol. The average molecular weight is 294 g/mol. The molecular formula is C20H22O2. The third-order valence-electron chi connectivity index (χ3n) is 3.94. The van der Waals surface area contributed by atoms with Gasteiger partial charge in [0.25, 0.3) is 0 Å². The highest BCUT2D eigenvalue weighted by atomic mass is 16.3. The highest BCUT2D eigenvalue weighted by molar-refractivity contribution is 5.56. The van der Waals surface area contributed by atoms with Crippen LogP contribution < -0.4 is 0 Å². The van der Waals surface area contributed by atoms with Crippen molar-refractivity contribution < 1.29 is 10.2 Å². The van der Waals surface area contributed by atoms with E-state index < -0.39 is 0 Å². The minimum absolute atomic E-state index is 0.321. The third-order valence-corrected chi connectivity index (χ3v) is 3.94. The van der Waals surface area contributed by atoms with Crippen LogP contribution in [0.2, 0.25) is 0 Å². The molecule has 0 spiro atoms. The zero-order valence-electron chi connectivity index (χ0n) is 13.2. The van der Waals surface area contributed by atoms with Gasteiger partial charge in [0, 0.05) is 0 Å². The molecule has 0 fully saturated rings. The maximum absolute atomic E-state index is 10.2. The molecule has 22 heavy (non-hydrogen) atoms. The lowest BCUT2D eigenvalue weighted by molar-refractivity contribution is 0.458. The van der Waals surface area contributed by atoms with Gasteiger partial charge in [-0.2, -0.15) is 0 Å². The van der Waals surface area contributed by atoms with Crippen molar-refractivity contribution in [3.05, 3.63) is 70.8 Å². The van der Waals surface area contributed by atoms with Gasteiger partial charge in [0.1, 0.15) is 11.5 Å². The summed E-state index contributed by atoms with van der Waals surface area (Å²) in [6.45, 7) is 11.3. The van der Waals surface area contributed by atoms with Crippen LogP contribution in [0, 0.1) is 13.8 Å². The van der Waals surface area contributed by atoms with Gasteiger partial charge in [-0.1, -0.05) is 25.3 Å². The van der Waals surface area contributed by atoms with Crippen molar-refractivity contribution in [2.45, 2.75) is 26.7 Å². The van der Waals surface area contributed by atoms with Crippen LogP contribution in [0.25, 0.3) is 12.2 Å². The fourth-order valence-corrected chi connectivity index (χ4v) is 2.65. The van der Waals surface area contributed by atoms with Gasteiger partial charge in [-0.25, -0.2) is 0 Å². The Balaban J connectivity index is 2.31. The zero-order chi connectivity index (χ0) is 16.3. The highest BCUT2D eigenvalue weighted by Crippen LogP contribution is 2.29. The Morgan fingerprint density at radius 1 is 0.773 bits per heavy atom. The molecule has 0 aliphatic rings. The number of phenolic OH excluding ortho intramolecular Hbond substituents is 2. The van der Waals surface area contributed by atoms with Crippen molar-refractivity contribution in [1.82, 2.24) is 0 Å². The van der Waals surface area contributed by atoms with E-state index in [-0.39, 0.29) is 0 Å². The van der Waals surface area contributed by atoms with Gasteiger partial charge in [0.15, 0.2) is 0 Å². The van der Waals surface area contributed by atoms with Gasteiger partial charge in [0.2, 0.25) is 0 Å². The smallest absolute Gasteiger partial charge is 0.121 e. The Morgan fingerprint density at radius 2 is 1.14 bits per heavy atom. The summed E-state index contributed by atoms with van der Waals surface area (Å²) in [4.78, 5) is 0. The molecule has 2 aromatic rings. The number of aromatic hydroxyl groups is 2. The lowest BCUT2D eigenvalue weighted by atomic mass is 9.96. The Kier molecular flexibility index (Phi) is 4.71. The molecule has 0 radical (unpaired) electrons. The number of hydrogen-bond donors (Lipinski definition) is 2. The summed E-state index contributed by atoms with van der Waals surface area (Å²) in [6.07, 6.45) is 4.86. The molecule has 2 rings (SSSR count). The monoisotopic (exact) mass is 294 g/mol. The Bertz CT molecular complexity index is 663. The molecule has 0 unspecified atom stereocenters. The van der Waals surface area contributed by atoms with Crippen LogP contribution in [0.4, 0.5) is 0 Å². The molecule has 0 heterocycles. The van der Waals surface area contributed by atoms with E-state index >= 15 is 0 Å². The summed E-state index contributed by atoms with van der Waals surface area (Å²) in [5.41, 5.74) is 5.41. The molecule has 0 saturated heterocycles. The van der Waals surface area contributed by atoms with E-state index in [9.17, 15) is 10.2 Å². The first-order chi connectivity index (χ1) is 10.5. The summed E-state index contributed by atoms with van der Waals surface area (Å²) in [5, 5.41) is 20.4. The van der Waals surface area contributed by atoms with E-state index in [4.69, 9.17) is 0 Å². The quantitative estimate of drug-likeness (QED) is 0.832. The van der Waals surface area contributed by atoms with Crippen molar-refractivity contribution >= 4 is 12.2 Å². The van der Waals surface area contributed by atoms with Crippen LogP contribution in [0.15, 0.2) is 37.4 Å². The minimum atomic E-state index is 0.321. The first-order valence-corrected chi connectivity index (χ1v) is 7.36. The maximum Gasteiger partial charge on any atom is 0.121 e. The Labute approximate surface area is 132 Å². The predicted molar refractivity (Wildman–Crippen MR) is 93.3 cm³/mol. The largest absolute Gasteiger partial charge is 0.507 e. The molecule has 2 heteroatoms. The number of hydrogen-bond acceptors (Lipinski definition) is 2. The number of aryl methyl sites for hydroxylation is 4. The zero-order valence-corrected chi connectivity index (χ0v) is 13.2. The SMILES string of the molecule is C=Cc1cc(C)c(O)c(CCc2cc(C=C)cc(C)c2O)c1. The topological polar surface area (TPSA) is 40.5 Å². The molecule has 0 aliphatic heterocycles. The van der Waals surface area contributed by atoms with Crippen molar-refractivity contribution in [2.24, 2.45) is 0 Å². The van der Waals surface area contributed by atoms with E-state index in [0.717, 1.165) is 33.4 Å². The second kappa shape index (κ2) is 6.52.